The van der Waals surface area contributed by atoms with E-state index in [-0.39, 0.29) is 0 Å². The van der Waals surface area contributed by atoms with Crippen molar-refractivity contribution in [3.63, 3.8) is 0 Å². The summed E-state index contributed by atoms with van der Waals surface area (Å²) in [7, 11) is 1.75. The lowest BCUT2D eigenvalue weighted by Gasteiger charge is -2.23. The zero-order chi connectivity index (χ0) is 13.8. The Morgan fingerprint density at radius 2 is 1.95 bits per heavy atom. The molecule has 0 radical (unpaired) electrons. The summed E-state index contributed by atoms with van der Waals surface area (Å²) in [4.78, 5) is 2.61. The van der Waals surface area contributed by atoms with Crippen LogP contribution in [0.15, 0.2) is 24.3 Å². The molecule has 2 unspecified atom stereocenters. The van der Waals surface area contributed by atoms with Gasteiger partial charge in [0.05, 0.1) is 6.61 Å². The van der Waals surface area contributed by atoms with Gasteiger partial charge in [-0.3, -0.25) is 0 Å². The second-order valence-corrected chi connectivity index (χ2v) is 6.15. The van der Waals surface area contributed by atoms with Crippen LogP contribution in [-0.2, 0) is 11.3 Å². The fourth-order valence-electron chi connectivity index (χ4n) is 3.80. The van der Waals surface area contributed by atoms with Crippen LogP contribution in [-0.4, -0.2) is 33.4 Å². The number of ether oxygens (including phenoxy) is 1. The number of benzene rings is 1. The first kappa shape index (κ1) is 13.9. The topological polar surface area (TPSA) is 24.5 Å². The van der Waals surface area contributed by atoms with E-state index in [0.717, 1.165) is 31.5 Å². The Morgan fingerprint density at radius 1 is 1.20 bits per heavy atom. The molecule has 1 N–H and O–H groups in total. The summed E-state index contributed by atoms with van der Waals surface area (Å²) in [6, 6.07) is 8.85. The first-order valence-electron chi connectivity index (χ1n) is 7.91. The van der Waals surface area contributed by atoms with E-state index in [2.05, 4.69) is 34.5 Å². The summed E-state index contributed by atoms with van der Waals surface area (Å²) in [6.07, 6.45) is 4.33. The Kier molecular flexibility index (Phi) is 4.58. The van der Waals surface area contributed by atoms with Gasteiger partial charge in [-0.25, -0.2) is 0 Å². The molecule has 0 bridgehead atoms. The summed E-state index contributed by atoms with van der Waals surface area (Å²) < 4.78 is 5.09. The molecule has 1 heterocycles. The zero-order valence-corrected chi connectivity index (χ0v) is 12.5. The molecule has 2 aliphatic rings. The van der Waals surface area contributed by atoms with Gasteiger partial charge >= 0.3 is 0 Å². The molecule has 3 heteroatoms. The van der Waals surface area contributed by atoms with Crippen molar-refractivity contribution in [2.75, 3.05) is 38.3 Å². The summed E-state index contributed by atoms with van der Waals surface area (Å²) in [6.45, 7) is 5.15. The second kappa shape index (κ2) is 6.59. The molecular weight excluding hydrogens is 248 g/mol. The molecule has 1 aliphatic carbocycles. The van der Waals surface area contributed by atoms with Crippen molar-refractivity contribution in [1.29, 1.82) is 0 Å². The average Bonchev–Trinajstić information content (AvgIpc) is 3.05. The van der Waals surface area contributed by atoms with Gasteiger partial charge < -0.3 is 15.0 Å². The molecule has 0 amide bonds. The SMILES string of the molecule is COCCNCc1ccccc1N1CC2CCCC2C1. The molecule has 3 nitrogen and oxygen atoms in total. The van der Waals surface area contributed by atoms with Crippen LogP contribution in [0, 0.1) is 11.8 Å². The normalized spacial score (nSPS) is 25.1. The van der Waals surface area contributed by atoms with E-state index in [9.17, 15) is 0 Å². The highest BCUT2D eigenvalue weighted by Crippen LogP contribution is 2.40. The standard InChI is InChI=1S/C17H26N2O/c1-20-10-9-18-11-14-5-2-3-8-17(14)19-12-15-6-4-7-16(15)13-19/h2-3,5,8,15-16,18H,4,6-7,9-13H2,1H3. The largest absolute Gasteiger partial charge is 0.383 e. The third kappa shape index (κ3) is 2.99. The van der Waals surface area contributed by atoms with E-state index in [1.807, 2.05) is 0 Å². The molecule has 0 spiro atoms. The number of hydrogen-bond donors (Lipinski definition) is 1. The van der Waals surface area contributed by atoms with E-state index in [1.165, 1.54) is 43.6 Å². The van der Waals surface area contributed by atoms with Crippen molar-refractivity contribution in [1.82, 2.24) is 5.32 Å². The summed E-state index contributed by atoms with van der Waals surface area (Å²) in [5.41, 5.74) is 2.86. The van der Waals surface area contributed by atoms with Crippen molar-refractivity contribution in [3.8, 4) is 0 Å². The lowest BCUT2D eigenvalue weighted by molar-refractivity contribution is 0.199. The van der Waals surface area contributed by atoms with Gasteiger partial charge in [0.25, 0.3) is 0 Å². The van der Waals surface area contributed by atoms with Crippen molar-refractivity contribution in [2.45, 2.75) is 25.8 Å². The van der Waals surface area contributed by atoms with Crippen molar-refractivity contribution in [2.24, 2.45) is 11.8 Å². The van der Waals surface area contributed by atoms with Gasteiger partial charge in [-0.2, -0.15) is 0 Å². The van der Waals surface area contributed by atoms with Crippen LogP contribution < -0.4 is 10.2 Å². The predicted molar refractivity (Wildman–Crippen MR) is 83.1 cm³/mol. The van der Waals surface area contributed by atoms with Crippen molar-refractivity contribution in [3.05, 3.63) is 29.8 Å². The second-order valence-electron chi connectivity index (χ2n) is 6.15. The van der Waals surface area contributed by atoms with Crippen molar-refractivity contribution < 1.29 is 4.74 Å². The van der Waals surface area contributed by atoms with Gasteiger partial charge in [-0.05, 0) is 36.3 Å². The van der Waals surface area contributed by atoms with Gasteiger partial charge in [0.1, 0.15) is 0 Å². The Morgan fingerprint density at radius 3 is 2.70 bits per heavy atom. The van der Waals surface area contributed by atoms with Crippen molar-refractivity contribution >= 4 is 5.69 Å². The Bertz CT molecular complexity index is 423. The van der Waals surface area contributed by atoms with E-state index in [4.69, 9.17) is 4.74 Å². The van der Waals surface area contributed by atoms with E-state index in [1.54, 1.807) is 7.11 Å². The molecular formula is C17H26N2O. The number of anilines is 1. The molecule has 110 valence electrons. The summed E-state index contributed by atoms with van der Waals surface area (Å²) in [5.74, 6) is 1.90. The minimum absolute atomic E-state index is 0.774. The van der Waals surface area contributed by atoms with E-state index >= 15 is 0 Å². The van der Waals surface area contributed by atoms with Crippen LogP contribution >= 0.6 is 0 Å². The van der Waals surface area contributed by atoms with Gasteiger partial charge in [0.15, 0.2) is 0 Å². The Hall–Kier alpha value is -1.06. The van der Waals surface area contributed by atoms with Crippen LogP contribution in [0.4, 0.5) is 5.69 Å². The smallest absolute Gasteiger partial charge is 0.0587 e. The molecule has 1 saturated carbocycles. The van der Waals surface area contributed by atoms with Crippen LogP contribution in [0.5, 0.6) is 0 Å². The molecule has 1 saturated heterocycles. The minimum Gasteiger partial charge on any atom is -0.383 e. The first-order chi connectivity index (χ1) is 9.88. The molecule has 1 aliphatic heterocycles. The molecule has 1 aromatic rings. The Labute approximate surface area is 122 Å². The number of fused-ring (bicyclic) bond motifs is 1. The predicted octanol–water partition coefficient (Wildman–Crippen LogP) is 2.66. The Balaban J connectivity index is 1.64. The number of nitrogens with zero attached hydrogens (tertiary/aromatic N) is 1. The maximum Gasteiger partial charge on any atom is 0.0587 e. The fourth-order valence-corrected chi connectivity index (χ4v) is 3.80. The van der Waals surface area contributed by atoms with E-state index < -0.39 is 0 Å². The maximum absolute atomic E-state index is 5.09. The van der Waals surface area contributed by atoms with Gasteiger partial charge in [0, 0.05) is 39.0 Å². The maximum atomic E-state index is 5.09. The molecule has 0 aromatic heterocycles. The van der Waals surface area contributed by atoms with Crippen LogP contribution in [0.2, 0.25) is 0 Å². The quantitative estimate of drug-likeness (QED) is 0.807. The summed E-state index contributed by atoms with van der Waals surface area (Å²) in [5, 5.41) is 3.47. The first-order valence-corrected chi connectivity index (χ1v) is 7.91. The van der Waals surface area contributed by atoms with E-state index in [0.29, 0.717) is 0 Å². The monoisotopic (exact) mass is 274 g/mol. The fraction of sp³-hybridized carbons (Fsp3) is 0.647. The van der Waals surface area contributed by atoms with Crippen LogP contribution in [0.1, 0.15) is 24.8 Å². The highest BCUT2D eigenvalue weighted by Gasteiger charge is 2.36. The minimum atomic E-state index is 0.774. The highest BCUT2D eigenvalue weighted by molar-refractivity contribution is 5.54. The number of rotatable bonds is 6. The molecule has 20 heavy (non-hydrogen) atoms. The summed E-state index contributed by atoms with van der Waals surface area (Å²) >= 11 is 0. The van der Waals surface area contributed by atoms with Crippen LogP contribution in [0.25, 0.3) is 0 Å². The molecule has 3 rings (SSSR count). The number of para-hydroxylation sites is 1. The average molecular weight is 274 g/mol. The molecule has 2 fully saturated rings. The third-order valence-corrected chi connectivity index (χ3v) is 4.86. The zero-order valence-electron chi connectivity index (χ0n) is 12.5. The van der Waals surface area contributed by atoms with Gasteiger partial charge in [-0.1, -0.05) is 24.6 Å². The highest BCUT2D eigenvalue weighted by atomic mass is 16.5. The molecule has 2 atom stereocenters. The van der Waals surface area contributed by atoms with Gasteiger partial charge in [0.2, 0.25) is 0 Å². The lowest BCUT2D eigenvalue weighted by atomic mass is 10.0. The van der Waals surface area contributed by atoms with Gasteiger partial charge in [-0.15, -0.1) is 0 Å². The number of hydrogen-bond acceptors (Lipinski definition) is 3. The molecule has 1 aromatic carbocycles. The lowest BCUT2D eigenvalue weighted by Crippen LogP contribution is -2.24. The number of methoxy groups -OCH3 is 1. The third-order valence-electron chi connectivity index (χ3n) is 4.86. The van der Waals surface area contributed by atoms with Crippen LogP contribution in [0.3, 0.4) is 0 Å². The number of nitrogens with one attached hydrogen (secondary N) is 1.